The Morgan fingerprint density at radius 2 is 1.54 bits per heavy atom. The van der Waals surface area contributed by atoms with Crippen LogP contribution < -0.4 is 13.8 Å². The molecule has 6 rings (SSSR count). The second kappa shape index (κ2) is 14.4. The lowest BCUT2D eigenvalue weighted by Gasteiger charge is -2.34. The first kappa shape index (κ1) is 36.5. The average Bonchev–Trinajstić information content (AvgIpc) is 3.54. The summed E-state index contributed by atoms with van der Waals surface area (Å²) in [5.41, 5.74) is 1.14. The fraction of sp³-hybridized carbons (Fsp3) is 0.257. The van der Waals surface area contributed by atoms with Gasteiger partial charge in [0.25, 0.3) is 15.9 Å². The first-order chi connectivity index (χ1) is 24.5. The van der Waals surface area contributed by atoms with E-state index in [1.165, 1.54) is 37.5 Å². The average molecular weight is 748 g/mol. The van der Waals surface area contributed by atoms with Gasteiger partial charge in [-0.1, -0.05) is 12.1 Å². The zero-order valence-electron chi connectivity index (χ0n) is 27.4. The van der Waals surface area contributed by atoms with Crippen LogP contribution in [-0.4, -0.2) is 80.1 Å². The highest BCUT2D eigenvalue weighted by molar-refractivity contribution is 7.92. The summed E-state index contributed by atoms with van der Waals surface area (Å²) in [7, 11) is -2.91. The molecule has 3 heterocycles. The van der Waals surface area contributed by atoms with Crippen LogP contribution in [0.3, 0.4) is 0 Å². The highest BCUT2D eigenvalue weighted by Crippen LogP contribution is 2.32. The number of aromatic amines is 1. The summed E-state index contributed by atoms with van der Waals surface area (Å²) >= 11 is 0. The van der Waals surface area contributed by atoms with E-state index in [0.29, 0.717) is 61.8 Å². The SMILES string of the molecule is CN(c1ccc(Oc2ccc3cc(C(=O)N4CCN(Cc5ccc(OCC(F)(F)F)cc5)CC4)[nH]c3c2)nc1)S(=O)(=O)c1ccc(C(F)(F)F)cc1. The number of pyridine rings is 1. The highest BCUT2D eigenvalue weighted by Gasteiger charge is 2.32. The monoisotopic (exact) mass is 747 g/mol. The van der Waals surface area contributed by atoms with Crippen molar-refractivity contribution in [3.8, 4) is 17.4 Å². The number of anilines is 1. The zero-order chi connectivity index (χ0) is 37.3. The van der Waals surface area contributed by atoms with Crippen molar-refractivity contribution < 1.29 is 49.0 Å². The molecular formula is C35H31F6N5O5S. The van der Waals surface area contributed by atoms with Crippen molar-refractivity contribution >= 4 is 32.5 Å². The number of fused-ring (bicyclic) bond motifs is 1. The zero-order valence-corrected chi connectivity index (χ0v) is 28.2. The van der Waals surface area contributed by atoms with Gasteiger partial charge in [-0.05, 0) is 66.2 Å². The molecule has 0 atom stereocenters. The van der Waals surface area contributed by atoms with Crippen LogP contribution in [0.25, 0.3) is 10.9 Å². The maximum Gasteiger partial charge on any atom is 0.422 e. The van der Waals surface area contributed by atoms with Crippen LogP contribution in [0.4, 0.5) is 32.0 Å². The molecule has 17 heteroatoms. The Morgan fingerprint density at radius 3 is 2.15 bits per heavy atom. The van der Waals surface area contributed by atoms with E-state index < -0.39 is 34.5 Å². The quantitative estimate of drug-likeness (QED) is 0.152. The summed E-state index contributed by atoms with van der Waals surface area (Å²) < 4.78 is 113. The molecule has 1 saturated heterocycles. The number of carbonyl (C=O) groups is 1. The number of hydrogen-bond donors (Lipinski definition) is 1. The van der Waals surface area contributed by atoms with E-state index in [1.54, 1.807) is 41.3 Å². The molecule has 1 amide bonds. The van der Waals surface area contributed by atoms with E-state index >= 15 is 0 Å². The predicted molar refractivity (Wildman–Crippen MR) is 179 cm³/mol. The summed E-state index contributed by atoms with van der Waals surface area (Å²) in [4.78, 5) is 24.2. The number of nitrogens with zero attached hydrogens (tertiary/aromatic N) is 4. The smallest absolute Gasteiger partial charge is 0.422 e. The van der Waals surface area contributed by atoms with Crippen LogP contribution in [0.1, 0.15) is 21.6 Å². The van der Waals surface area contributed by atoms with Gasteiger partial charge in [-0.25, -0.2) is 13.4 Å². The van der Waals surface area contributed by atoms with Gasteiger partial charge in [0.05, 0.1) is 22.3 Å². The van der Waals surface area contributed by atoms with Crippen LogP contribution in [0.2, 0.25) is 0 Å². The number of aromatic nitrogens is 2. The molecule has 1 N–H and O–H groups in total. The second-order valence-electron chi connectivity index (χ2n) is 12.0. The van der Waals surface area contributed by atoms with Crippen molar-refractivity contribution in [2.75, 3.05) is 44.1 Å². The first-order valence-electron chi connectivity index (χ1n) is 15.8. The Morgan fingerprint density at radius 1 is 0.865 bits per heavy atom. The Hall–Kier alpha value is -5.29. The molecule has 1 aliphatic heterocycles. The van der Waals surface area contributed by atoms with E-state index in [4.69, 9.17) is 9.47 Å². The summed E-state index contributed by atoms with van der Waals surface area (Å²) in [6, 6.07) is 19.4. The molecule has 2 aromatic heterocycles. The standard InChI is InChI=1S/C35H31F6N5O5S/c1-44(52(48,49)29-11-5-25(6-12-29)35(39,40)41)26-7-13-32(42-20-26)51-28-10-4-24-18-31(43-30(24)19-28)33(47)46-16-14-45(15-17-46)21-23-2-8-27(9-3-23)50-22-34(36,37)38/h2-13,18-20,43H,14-17,21-22H2,1H3. The van der Waals surface area contributed by atoms with Gasteiger partial charge in [0.1, 0.15) is 17.2 Å². The van der Waals surface area contributed by atoms with E-state index in [0.717, 1.165) is 27.4 Å². The van der Waals surface area contributed by atoms with Gasteiger partial charge in [-0.3, -0.25) is 14.0 Å². The number of benzene rings is 3. The molecule has 10 nitrogen and oxygen atoms in total. The maximum absolute atomic E-state index is 13.3. The number of rotatable bonds is 10. The van der Waals surface area contributed by atoms with E-state index in [1.807, 2.05) is 0 Å². The third-order valence-corrected chi connectivity index (χ3v) is 10.2. The summed E-state index contributed by atoms with van der Waals surface area (Å²) in [6.45, 7) is 1.41. The number of H-pyrrole nitrogens is 1. The lowest BCUT2D eigenvalue weighted by atomic mass is 10.2. The van der Waals surface area contributed by atoms with Gasteiger partial charge >= 0.3 is 12.4 Å². The Labute approximate surface area is 294 Å². The van der Waals surface area contributed by atoms with Crippen LogP contribution in [0, 0.1) is 0 Å². The molecule has 0 aliphatic carbocycles. The predicted octanol–water partition coefficient (Wildman–Crippen LogP) is 7.10. The third kappa shape index (κ3) is 8.59. The molecule has 0 unspecified atom stereocenters. The summed E-state index contributed by atoms with van der Waals surface area (Å²) in [5, 5.41) is 0.774. The maximum atomic E-state index is 13.3. The van der Waals surface area contributed by atoms with E-state index in [2.05, 4.69) is 14.9 Å². The molecule has 5 aromatic rings. The van der Waals surface area contributed by atoms with Crippen molar-refractivity contribution in [2.45, 2.75) is 23.8 Å². The van der Waals surface area contributed by atoms with Crippen LogP contribution in [0.15, 0.2) is 96.0 Å². The number of piperazine rings is 1. The molecule has 274 valence electrons. The van der Waals surface area contributed by atoms with Gasteiger partial charge in [0, 0.05) is 62.8 Å². The lowest BCUT2D eigenvalue weighted by molar-refractivity contribution is -0.153. The number of alkyl halides is 6. The lowest BCUT2D eigenvalue weighted by Crippen LogP contribution is -2.48. The summed E-state index contributed by atoms with van der Waals surface area (Å²) in [6.07, 6.45) is -7.74. The van der Waals surface area contributed by atoms with Crippen molar-refractivity contribution in [1.82, 2.24) is 19.8 Å². The minimum absolute atomic E-state index is 0.140. The molecule has 0 spiro atoms. The van der Waals surface area contributed by atoms with Crippen LogP contribution in [-0.2, 0) is 22.7 Å². The Balaban J connectivity index is 1.03. The van der Waals surface area contributed by atoms with Gasteiger partial charge in [0.2, 0.25) is 5.88 Å². The fourth-order valence-electron chi connectivity index (χ4n) is 5.53. The third-order valence-electron chi connectivity index (χ3n) is 8.36. The molecule has 1 fully saturated rings. The van der Waals surface area contributed by atoms with Crippen LogP contribution in [0.5, 0.6) is 17.4 Å². The topological polar surface area (TPSA) is 108 Å². The highest BCUT2D eigenvalue weighted by atomic mass is 32.2. The number of nitrogens with one attached hydrogen (secondary N) is 1. The number of carbonyl (C=O) groups excluding carboxylic acids is 1. The number of halogens is 6. The molecule has 0 radical (unpaired) electrons. The summed E-state index contributed by atoms with van der Waals surface area (Å²) in [5.74, 6) is 0.515. The Bertz CT molecular complexity index is 2130. The van der Waals surface area contributed by atoms with Crippen molar-refractivity contribution in [2.24, 2.45) is 0 Å². The normalized spacial score (nSPS) is 14.4. The van der Waals surface area contributed by atoms with E-state index in [9.17, 15) is 39.6 Å². The molecule has 52 heavy (non-hydrogen) atoms. The number of sulfonamides is 1. The van der Waals surface area contributed by atoms with Crippen molar-refractivity contribution in [3.63, 3.8) is 0 Å². The molecular weight excluding hydrogens is 716 g/mol. The van der Waals surface area contributed by atoms with E-state index in [-0.39, 0.29) is 28.1 Å². The first-order valence-corrected chi connectivity index (χ1v) is 17.2. The number of ether oxygens (including phenoxy) is 2. The van der Waals surface area contributed by atoms with Crippen molar-refractivity contribution in [3.05, 3.63) is 108 Å². The molecule has 3 aromatic carbocycles. The minimum atomic E-state index is -4.60. The van der Waals surface area contributed by atoms with Crippen LogP contribution >= 0.6 is 0 Å². The molecule has 0 saturated carbocycles. The fourth-order valence-corrected chi connectivity index (χ4v) is 6.71. The minimum Gasteiger partial charge on any atom is -0.484 e. The van der Waals surface area contributed by atoms with Gasteiger partial charge < -0.3 is 19.4 Å². The molecule has 0 bridgehead atoms. The van der Waals surface area contributed by atoms with Gasteiger partial charge in [-0.2, -0.15) is 26.3 Å². The van der Waals surface area contributed by atoms with Crippen molar-refractivity contribution in [1.29, 1.82) is 0 Å². The Kier molecular flexibility index (Phi) is 10.1. The molecule has 1 aliphatic rings. The van der Waals surface area contributed by atoms with Gasteiger partial charge in [0.15, 0.2) is 6.61 Å². The second-order valence-corrected chi connectivity index (χ2v) is 14.0. The van der Waals surface area contributed by atoms with Gasteiger partial charge in [-0.15, -0.1) is 0 Å². The largest absolute Gasteiger partial charge is 0.484 e. The number of amides is 1. The number of hydrogen-bond acceptors (Lipinski definition) is 7.